The topological polar surface area (TPSA) is 9.86 Å². The number of benzene rings is 9. The molecule has 5 heterocycles. The molecule has 0 amide bonds. The maximum atomic E-state index is 2.78. The lowest BCUT2D eigenvalue weighted by atomic mass is 9.33. The van der Waals surface area contributed by atoms with Gasteiger partial charge in [-0.2, -0.15) is 0 Å². The summed E-state index contributed by atoms with van der Waals surface area (Å²) in [7, 11) is 0. The van der Waals surface area contributed by atoms with Gasteiger partial charge in [-0.3, -0.25) is 0 Å². The highest BCUT2D eigenvalue weighted by atomic mass is 15.1. The summed E-state index contributed by atoms with van der Waals surface area (Å²) in [4.78, 5) is 0. The molecule has 68 heavy (non-hydrogen) atoms. The molecule has 0 fully saturated rings. The van der Waals surface area contributed by atoms with Crippen molar-refractivity contribution in [1.29, 1.82) is 0 Å². The summed E-state index contributed by atoms with van der Waals surface area (Å²) in [5.74, 6) is 0. The Labute approximate surface area is 398 Å². The van der Waals surface area contributed by atoms with Gasteiger partial charge >= 0.3 is 0 Å². The molecule has 0 N–H and O–H groups in total. The number of rotatable bonds is 2. The van der Waals surface area contributed by atoms with E-state index in [0.29, 0.717) is 0 Å². The summed E-state index contributed by atoms with van der Waals surface area (Å²) in [5.41, 5.74) is 28.8. The molecular formula is C65H51BN2. The number of fused-ring (bicyclic) bond motifs is 13. The fourth-order valence-corrected chi connectivity index (χ4v) is 13.7. The van der Waals surface area contributed by atoms with Gasteiger partial charge in [0, 0.05) is 38.6 Å². The van der Waals surface area contributed by atoms with Gasteiger partial charge in [0.1, 0.15) is 0 Å². The van der Waals surface area contributed by atoms with Crippen LogP contribution in [0.4, 0.5) is 0 Å². The molecule has 1 spiro atoms. The maximum absolute atomic E-state index is 2.78. The third kappa shape index (κ3) is 4.56. The maximum Gasteiger partial charge on any atom is 0.252 e. The molecule has 0 atom stereocenters. The lowest BCUT2D eigenvalue weighted by Crippen LogP contribution is -2.60. The molecule has 0 bridgehead atoms. The van der Waals surface area contributed by atoms with Gasteiger partial charge in [-0.15, -0.1) is 0 Å². The van der Waals surface area contributed by atoms with Crippen molar-refractivity contribution < 1.29 is 0 Å². The van der Waals surface area contributed by atoms with Crippen molar-refractivity contribution in [3.63, 3.8) is 0 Å². The number of aryl methyl sites for hydroxylation is 2. The second kappa shape index (κ2) is 12.6. The Morgan fingerprint density at radius 3 is 1.71 bits per heavy atom. The van der Waals surface area contributed by atoms with Crippen LogP contribution in [-0.2, 0) is 16.2 Å². The molecule has 0 radical (unpaired) electrons. The second-order valence-corrected chi connectivity index (χ2v) is 22.6. The molecule has 0 unspecified atom stereocenters. The average Bonchev–Trinajstić information content (AvgIpc) is 3.96. The molecule has 3 heteroatoms. The Balaban J connectivity index is 1.24. The van der Waals surface area contributed by atoms with Crippen molar-refractivity contribution in [3.8, 4) is 44.9 Å². The van der Waals surface area contributed by atoms with Crippen molar-refractivity contribution in [2.75, 3.05) is 0 Å². The predicted octanol–water partition coefficient (Wildman–Crippen LogP) is 14.2. The van der Waals surface area contributed by atoms with Crippen LogP contribution in [0.5, 0.6) is 0 Å². The summed E-state index contributed by atoms with van der Waals surface area (Å²) in [5, 5.41) is 6.65. The van der Waals surface area contributed by atoms with E-state index in [1.54, 1.807) is 0 Å². The third-order valence-electron chi connectivity index (χ3n) is 16.6. The fraction of sp³-hybridized carbons (Fsp3) is 0.169. The Bertz CT molecular complexity index is 4060. The number of hydrogen-bond donors (Lipinski definition) is 0. The number of nitrogens with zero attached hydrogens (tertiary/aromatic N) is 2. The van der Waals surface area contributed by atoms with E-state index in [2.05, 4.69) is 228 Å². The van der Waals surface area contributed by atoms with Crippen molar-refractivity contribution >= 4 is 66.6 Å². The van der Waals surface area contributed by atoms with Gasteiger partial charge in [0.15, 0.2) is 0 Å². The van der Waals surface area contributed by atoms with Gasteiger partial charge in [0.25, 0.3) is 6.71 Å². The Kier molecular flexibility index (Phi) is 7.17. The lowest BCUT2D eigenvalue weighted by Gasteiger charge is -2.44. The molecule has 0 saturated heterocycles. The van der Waals surface area contributed by atoms with Crippen LogP contribution in [0, 0.1) is 13.8 Å². The van der Waals surface area contributed by atoms with E-state index >= 15 is 0 Å². The average molecular weight is 871 g/mol. The van der Waals surface area contributed by atoms with E-state index in [4.69, 9.17) is 0 Å². The summed E-state index contributed by atoms with van der Waals surface area (Å²) < 4.78 is 5.48. The molecule has 324 valence electrons. The zero-order valence-electron chi connectivity index (χ0n) is 40.1. The Morgan fingerprint density at radius 2 is 1.04 bits per heavy atom. The fourth-order valence-electron chi connectivity index (χ4n) is 13.7. The van der Waals surface area contributed by atoms with Gasteiger partial charge in [-0.25, -0.2) is 0 Å². The zero-order chi connectivity index (χ0) is 45.9. The molecule has 9 aromatic carbocycles. The zero-order valence-corrected chi connectivity index (χ0v) is 40.1. The van der Waals surface area contributed by atoms with Crippen LogP contribution in [0.3, 0.4) is 0 Å². The third-order valence-corrected chi connectivity index (χ3v) is 16.6. The summed E-state index contributed by atoms with van der Waals surface area (Å²) in [6, 6.07) is 64.2. The minimum Gasteiger partial charge on any atom is -0.310 e. The quantitative estimate of drug-likeness (QED) is 0.153. The second-order valence-electron chi connectivity index (χ2n) is 22.6. The van der Waals surface area contributed by atoms with Gasteiger partial charge in [0.05, 0.1) is 22.1 Å². The Hall–Kier alpha value is -7.36. The first kappa shape index (κ1) is 38.7. The molecular weight excluding hydrogens is 820 g/mol. The minimum atomic E-state index is -0.557. The lowest BCUT2D eigenvalue weighted by molar-refractivity contribution is 0.588. The molecule has 11 aromatic rings. The standard InChI is InChI=1S/C65H51BN2/c1-36-23-25-44-45-26-24-37(2)30-50(45)65(49(44)29-36)48-27-28-54-57-61(48)68-59-46(32-41(34-51(59)65)63(3,4)5)47-33-42(64(6,7)8)35-53(60(47)68)66(57)52-31-40-21-15-16-22-43(40)56-55(38-17-11-9-12-18-38)58(67(54)62(52)56)39-19-13-10-14-20-39/h9-35H,1-8H3. The van der Waals surface area contributed by atoms with Crippen LogP contribution in [0.2, 0.25) is 0 Å². The van der Waals surface area contributed by atoms with Crippen molar-refractivity contribution in [2.24, 2.45) is 0 Å². The van der Waals surface area contributed by atoms with E-state index in [1.165, 1.54) is 149 Å². The predicted molar refractivity (Wildman–Crippen MR) is 288 cm³/mol. The van der Waals surface area contributed by atoms with E-state index < -0.39 is 5.41 Å². The van der Waals surface area contributed by atoms with Gasteiger partial charge in [-0.05, 0) is 126 Å². The van der Waals surface area contributed by atoms with Crippen molar-refractivity contribution in [1.82, 2.24) is 9.13 Å². The molecule has 1 aliphatic carbocycles. The van der Waals surface area contributed by atoms with E-state index in [-0.39, 0.29) is 17.5 Å². The molecule has 2 aromatic heterocycles. The minimum absolute atomic E-state index is 0.0145. The van der Waals surface area contributed by atoms with Crippen molar-refractivity contribution in [2.45, 2.75) is 71.6 Å². The highest BCUT2D eigenvalue weighted by Crippen LogP contribution is 2.63. The highest BCUT2D eigenvalue weighted by molar-refractivity contribution is 7.00. The molecule has 15 rings (SSSR count). The van der Waals surface area contributed by atoms with Crippen LogP contribution in [0.15, 0.2) is 164 Å². The van der Waals surface area contributed by atoms with Crippen LogP contribution in [0.1, 0.15) is 86.1 Å². The van der Waals surface area contributed by atoms with Crippen LogP contribution in [-0.4, -0.2) is 15.8 Å². The molecule has 0 saturated carbocycles. The SMILES string of the molecule is Cc1ccc2c(c1)C1(c3cc(C)ccc3-2)c2ccc3c4c2-n2c5c(cc(C(C)(C)C)cc5c5cc(C(C)(C)C)cc1c52)B4c1cc2ccccc2c2c(-c4ccccc4)c(-c4ccccc4)n-3c12. The first-order valence-electron chi connectivity index (χ1n) is 24.6. The van der Waals surface area contributed by atoms with Crippen molar-refractivity contribution in [3.05, 3.63) is 208 Å². The summed E-state index contributed by atoms with van der Waals surface area (Å²) in [6.07, 6.45) is 0. The van der Waals surface area contributed by atoms with Crippen LogP contribution in [0.25, 0.3) is 88.4 Å². The summed E-state index contributed by atoms with van der Waals surface area (Å²) >= 11 is 0. The van der Waals surface area contributed by atoms with Crippen LogP contribution < -0.4 is 16.4 Å². The van der Waals surface area contributed by atoms with Crippen LogP contribution >= 0.6 is 0 Å². The normalized spacial score (nSPS) is 14.6. The van der Waals surface area contributed by atoms with E-state index in [9.17, 15) is 0 Å². The molecule has 2 nitrogen and oxygen atoms in total. The molecule has 4 aliphatic rings. The highest BCUT2D eigenvalue weighted by Gasteiger charge is 2.55. The number of aromatic nitrogens is 2. The molecule has 3 aliphatic heterocycles. The van der Waals surface area contributed by atoms with E-state index in [0.717, 1.165) is 0 Å². The van der Waals surface area contributed by atoms with Gasteiger partial charge in [0.2, 0.25) is 0 Å². The first-order chi connectivity index (χ1) is 32.8. The first-order valence-corrected chi connectivity index (χ1v) is 24.6. The largest absolute Gasteiger partial charge is 0.310 e. The van der Waals surface area contributed by atoms with E-state index in [1.807, 2.05) is 0 Å². The van der Waals surface area contributed by atoms with Gasteiger partial charge < -0.3 is 9.13 Å². The smallest absolute Gasteiger partial charge is 0.252 e. The monoisotopic (exact) mass is 870 g/mol. The van der Waals surface area contributed by atoms with Gasteiger partial charge in [-0.1, -0.05) is 198 Å². The number of hydrogen-bond acceptors (Lipinski definition) is 0. The Morgan fingerprint density at radius 1 is 0.456 bits per heavy atom. The summed E-state index contributed by atoms with van der Waals surface area (Å²) in [6.45, 7) is 18.9.